The molecule has 0 atom stereocenters. The van der Waals surface area contributed by atoms with Crippen LogP contribution in [0.15, 0.2) is 12.4 Å². The van der Waals surface area contributed by atoms with Crippen molar-refractivity contribution in [2.75, 3.05) is 20.2 Å². The van der Waals surface area contributed by atoms with E-state index >= 15 is 0 Å². The lowest BCUT2D eigenvalue weighted by molar-refractivity contribution is 0.226. The molecule has 1 aromatic rings. The third kappa shape index (κ3) is 3.04. The topological polar surface area (TPSA) is 38.2 Å². The highest BCUT2D eigenvalue weighted by atomic mass is 35.5. The summed E-state index contributed by atoms with van der Waals surface area (Å²) in [5.41, 5.74) is 0. The van der Waals surface area contributed by atoms with Gasteiger partial charge in [0.1, 0.15) is 6.61 Å². The first-order chi connectivity index (χ1) is 7.27. The fraction of sp³-hybridized carbons (Fsp3) is 0.600. The number of hydrogen-bond donors (Lipinski definition) is 0. The highest BCUT2D eigenvalue weighted by molar-refractivity contribution is 6.30. The maximum absolute atomic E-state index is 5.80. The summed E-state index contributed by atoms with van der Waals surface area (Å²) in [5, 5.41) is 0.326. The third-order valence-electron chi connectivity index (χ3n) is 2.48. The van der Waals surface area contributed by atoms with Gasteiger partial charge in [0.25, 0.3) is 5.88 Å². The summed E-state index contributed by atoms with van der Waals surface area (Å²) >= 11 is 5.80. The first-order valence-electron chi connectivity index (χ1n) is 5.07. The normalized spacial score (nSPS) is 15.7. The highest BCUT2D eigenvalue weighted by Crippen LogP contribution is 2.25. The summed E-state index contributed by atoms with van der Waals surface area (Å²) in [6.07, 6.45) is 5.74. The Morgan fingerprint density at radius 3 is 2.87 bits per heavy atom. The first-order valence-corrected chi connectivity index (χ1v) is 5.44. The van der Waals surface area contributed by atoms with Gasteiger partial charge in [-0.15, -0.1) is 0 Å². The van der Waals surface area contributed by atoms with Crippen molar-refractivity contribution in [1.82, 2.24) is 14.9 Å². The SMILES string of the molecule is CN(CCOc1nccnc1Cl)C1CC1. The van der Waals surface area contributed by atoms with Crippen LogP contribution in [-0.4, -0.2) is 41.1 Å². The van der Waals surface area contributed by atoms with Crippen molar-refractivity contribution in [2.24, 2.45) is 0 Å². The largest absolute Gasteiger partial charge is 0.474 e. The van der Waals surface area contributed by atoms with Gasteiger partial charge < -0.3 is 9.64 Å². The average Bonchev–Trinajstić information content (AvgIpc) is 3.04. The van der Waals surface area contributed by atoms with Gasteiger partial charge in [0.15, 0.2) is 5.15 Å². The Morgan fingerprint density at radius 1 is 1.47 bits per heavy atom. The minimum absolute atomic E-state index is 0.326. The van der Waals surface area contributed by atoms with Crippen molar-refractivity contribution in [3.8, 4) is 5.88 Å². The standard InChI is InChI=1S/C10H14ClN3O/c1-14(8-2-3-8)6-7-15-10-9(11)12-4-5-13-10/h4-5,8H,2-3,6-7H2,1H3. The molecule has 0 spiro atoms. The van der Waals surface area contributed by atoms with Crippen LogP contribution in [0, 0.1) is 0 Å². The molecule has 5 heteroatoms. The van der Waals surface area contributed by atoms with Gasteiger partial charge in [-0.1, -0.05) is 11.6 Å². The van der Waals surface area contributed by atoms with Crippen LogP contribution in [0.4, 0.5) is 0 Å². The van der Waals surface area contributed by atoms with Crippen molar-refractivity contribution in [2.45, 2.75) is 18.9 Å². The first kappa shape index (κ1) is 10.6. The Balaban J connectivity index is 1.75. The predicted octanol–water partition coefficient (Wildman–Crippen LogP) is 1.60. The molecule has 1 aromatic heterocycles. The maximum atomic E-state index is 5.80. The summed E-state index contributed by atoms with van der Waals surface area (Å²) in [7, 11) is 2.11. The number of aromatic nitrogens is 2. The Bertz CT molecular complexity index is 330. The predicted molar refractivity (Wildman–Crippen MR) is 58.2 cm³/mol. The molecule has 2 rings (SSSR count). The molecule has 0 radical (unpaired) electrons. The summed E-state index contributed by atoms with van der Waals surface area (Å²) in [5.74, 6) is 0.420. The molecule has 0 unspecified atom stereocenters. The van der Waals surface area contributed by atoms with E-state index in [0.29, 0.717) is 17.6 Å². The second-order valence-corrected chi connectivity index (χ2v) is 4.07. The molecule has 0 bridgehead atoms. The molecule has 1 heterocycles. The molecule has 1 aliphatic carbocycles. The Morgan fingerprint density at radius 2 is 2.20 bits per heavy atom. The zero-order valence-corrected chi connectivity index (χ0v) is 9.44. The van der Waals surface area contributed by atoms with Crippen LogP contribution >= 0.6 is 11.6 Å². The van der Waals surface area contributed by atoms with E-state index in [1.807, 2.05) is 0 Å². The summed E-state index contributed by atoms with van der Waals surface area (Å²) in [6.45, 7) is 1.50. The van der Waals surface area contributed by atoms with Gasteiger partial charge >= 0.3 is 0 Å². The summed E-state index contributed by atoms with van der Waals surface area (Å²) in [6, 6.07) is 0.755. The lowest BCUT2D eigenvalue weighted by Gasteiger charge is -2.15. The van der Waals surface area contributed by atoms with Gasteiger partial charge in [0, 0.05) is 25.0 Å². The van der Waals surface area contributed by atoms with Crippen LogP contribution < -0.4 is 4.74 Å². The minimum Gasteiger partial charge on any atom is -0.474 e. The number of hydrogen-bond acceptors (Lipinski definition) is 4. The quantitative estimate of drug-likeness (QED) is 0.766. The maximum Gasteiger partial charge on any atom is 0.252 e. The van der Waals surface area contributed by atoms with E-state index in [-0.39, 0.29) is 0 Å². The molecule has 4 nitrogen and oxygen atoms in total. The van der Waals surface area contributed by atoms with E-state index in [2.05, 4.69) is 21.9 Å². The van der Waals surface area contributed by atoms with E-state index in [1.165, 1.54) is 12.8 Å². The van der Waals surface area contributed by atoms with E-state index in [1.54, 1.807) is 12.4 Å². The van der Waals surface area contributed by atoms with E-state index in [9.17, 15) is 0 Å². The molecule has 0 aliphatic heterocycles. The number of rotatable bonds is 5. The Hall–Kier alpha value is -0.870. The van der Waals surface area contributed by atoms with Gasteiger partial charge in [-0.25, -0.2) is 9.97 Å². The minimum atomic E-state index is 0.326. The molecule has 1 saturated carbocycles. The zero-order valence-electron chi connectivity index (χ0n) is 8.69. The average molecular weight is 228 g/mol. The second-order valence-electron chi connectivity index (χ2n) is 3.71. The van der Waals surface area contributed by atoms with Gasteiger partial charge in [0.2, 0.25) is 0 Å². The van der Waals surface area contributed by atoms with Crippen molar-refractivity contribution in [3.63, 3.8) is 0 Å². The summed E-state index contributed by atoms with van der Waals surface area (Å²) in [4.78, 5) is 10.2. The molecule has 1 aliphatic rings. The zero-order chi connectivity index (χ0) is 10.7. The van der Waals surface area contributed by atoms with Crippen molar-refractivity contribution in [3.05, 3.63) is 17.5 Å². The van der Waals surface area contributed by atoms with Crippen LogP contribution in [0.2, 0.25) is 5.15 Å². The van der Waals surface area contributed by atoms with Crippen LogP contribution in [0.5, 0.6) is 5.88 Å². The molecule has 0 amide bonds. The van der Waals surface area contributed by atoms with E-state index in [4.69, 9.17) is 16.3 Å². The Kier molecular flexibility index (Phi) is 3.38. The number of ether oxygens (including phenoxy) is 1. The number of nitrogens with zero attached hydrogens (tertiary/aromatic N) is 3. The Labute approximate surface area is 94.2 Å². The smallest absolute Gasteiger partial charge is 0.252 e. The van der Waals surface area contributed by atoms with Crippen molar-refractivity contribution >= 4 is 11.6 Å². The van der Waals surface area contributed by atoms with E-state index in [0.717, 1.165) is 12.6 Å². The fourth-order valence-corrected chi connectivity index (χ4v) is 1.55. The van der Waals surface area contributed by atoms with E-state index < -0.39 is 0 Å². The van der Waals surface area contributed by atoms with Crippen LogP contribution in [-0.2, 0) is 0 Å². The third-order valence-corrected chi connectivity index (χ3v) is 2.74. The van der Waals surface area contributed by atoms with Crippen LogP contribution in [0.1, 0.15) is 12.8 Å². The van der Waals surface area contributed by atoms with Gasteiger partial charge in [-0.05, 0) is 19.9 Å². The monoisotopic (exact) mass is 227 g/mol. The van der Waals surface area contributed by atoms with Crippen molar-refractivity contribution in [1.29, 1.82) is 0 Å². The molecular formula is C10H14ClN3O. The lowest BCUT2D eigenvalue weighted by atomic mass is 10.5. The lowest BCUT2D eigenvalue weighted by Crippen LogP contribution is -2.26. The second kappa shape index (κ2) is 4.77. The molecule has 0 saturated heterocycles. The van der Waals surface area contributed by atoms with Gasteiger partial charge in [0.05, 0.1) is 0 Å². The molecule has 15 heavy (non-hydrogen) atoms. The number of halogens is 1. The molecular weight excluding hydrogens is 214 g/mol. The van der Waals surface area contributed by atoms with Crippen LogP contribution in [0.3, 0.4) is 0 Å². The fourth-order valence-electron chi connectivity index (χ4n) is 1.39. The number of likely N-dealkylation sites (N-methyl/N-ethyl adjacent to an activating group) is 1. The highest BCUT2D eigenvalue weighted by Gasteiger charge is 2.25. The molecule has 0 aromatic carbocycles. The molecule has 82 valence electrons. The van der Waals surface area contributed by atoms with Gasteiger partial charge in [-0.2, -0.15) is 0 Å². The van der Waals surface area contributed by atoms with Crippen LogP contribution in [0.25, 0.3) is 0 Å². The molecule has 0 N–H and O–H groups in total. The van der Waals surface area contributed by atoms with Crippen molar-refractivity contribution < 1.29 is 4.74 Å². The van der Waals surface area contributed by atoms with Gasteiger partial charge in [-0.3, -0.25) is 0 Å². The summed E-state index contributed by atoms with van der Waals surface area (Å²) < 4.78 is 5.44. The molecule has 1 fully saturated rings.